The zero-order chi connectivity index (χ0) is 13.2. The van der Waals surface area contributed by atoms with Crippen molar-refractivity contribution < 1.29 is 19.8 Å². The molecule has 5 heteroatoms. The summed E-state index contributed by atoms with van der Waals surface area (Å²) in [4.78, 5) is 22.6. The number of allylic oxidation sites excluding steroid dienone is 1. The van der Waals surface area contributed by atoms with Crippen LogP contribution in [0.15, 0.2) is 54.1 Å². The van der Waals surface area contributed by atoms with E-state index in [0.29, 0.717) is 5.56 Å². The van der Waals surface area contributed by atoms with Crippen molar-refractivity contribution >= 4 is 24.3 Å². The van der Waals surface area contributed by atoms with Gasteiger partial charge in [0.25, 0.3) is 0 Å². The quantitative estimate of drug-likeness (QED) is 0.891. The van der Waals surface area contributed by atoms with Gasteiger partial charge in [-0.15, -0.1) is 12.4 Å². The second kappa shape index (κ2) is 5.71. The summed E-state index contributed by atoms with van der Waals surface area (Å²) in [5.74, 6) is -2.16. The standard InChI is InChI=1S/C14H12O4.ClH/c15-12(16)10-5-4-8-14(9-10,13(17)18)11-6-2-1-3-7-11;/h1-7,9H,8H2,(H,15,16)(H,17,18);1H. The van der Waals surface area contributed by atoms with Gasteiger partial charge in [0.2, 0.25) is 0 Å². The molecule has 0 fully saturated rings. The van der Waals surface area contributed by atoms with Gasteiger partial charge >= 0.3 is 11.9 Å². The molecular formula is C14H13ClO4. The van der Waals surface area contributed by atoms with Crippen LogP contribution >= 0.6 is 12.4 Å². The second-order valence-corrected chi connectivity index (χ2v) is 4.15. The number of carboxylic acid groups (broad SMARTS) is 2. The van der Waals surface area contributed by atoms with Crippen LogP contribution < -0.4 is 0 Å². The van der Waals surface area contributed by atoms with Gasteiger partial charge in [0.05, 0.1) is 5.57 Å². The van der Waals surface area contributed by atoms with Crippen molar-refractivity contribution in [2.45, 2.75) is 11.8 Å². The Morgan fingerprint density at radius 1 is 1.11 bits per heavy atom. The molecule has 1 aromatic carbocycles. The Labute approximate surface area is 116 Å². The van der Waals surface area contributed by atoms with E-state index in [4.69, 9.17) is 5.11 Å². The van der Waals surface area contributed by atoms with Crippen LogP contribution in [0.1, 0.15) is 12.0 Å². The summed E-state index contributed by atoms with van der Waals surface area (Å²) in [7, 11) is 0. The highest BCUT2D eigenvalue weighted by atomic mass is 35.5. The Balaban J connectivity index is 0.00000180. The molecule has 1 atom stereocenters. The number of hydrogen-bond donors (Lipinski definition) is 2. The molecule has 100 valence electrons. The van der Waals surface area contributed by atoms with E-state index in [-0.39, 0.29) is 24.4 Å². The summed E-state index contributed by atoms with van der Waals surface area (Å²) in [6.07, 6.45) is 4.59. The van der Waals surface area contributed by atoms with Crippen molar-refractivity contribution in [3.05, 3.63) is 59.7 Å². The van der Waals surface area contributed by atoms with E-state index in [0.717, 1.165) is 0 Å². The third-order valence-electron chi connectivity index (χ3n) is 3.06. The van der Waals surface area contributed by atoms with E-state index in [1.54, 1.807) is 36.4 Å². The molecule has 19 heavy (non-hydrogen) atoms. The maximum Gasteiger partial charge on any atom is 0.335 e. The Morgan fingerprint density at radius 2 is 1.74 bits per heavy atom. The lowest BCUT2D eigenvalue weighted by atomic mass is 9.74. The van der Waals surface area contributed by atoms with E-state index >= 15 is 0 Å². The van der Waals surface area contributed by atoms with Gasteiger partial charge in [0.15, 0.2) is 0 Å². The first-order valence-corrected chi connectivity index (χ1v) is 5.48. The molecule has 0 radical (unpaired) electrons. The van der Waals surface area contributed by atoms with Crippen LogP contribution in [0.4, 0.5) is 0 Å². The number of halogens is 1. The van der Waals surface area contributed by atoms with Gasteiger partial charge < -0.3 is 10.2 Å². The fourth-order valence-electron chi connectivity index (χ4n) is 2.09. The van der Waals surface area contributed by atoms with E-state index in [9.17, 15) is 14.7 Å². The third-order valence-corrected chi connectivity index (χ3v) is 3.06. The monoisotopic (exact) mass is 280 g/mol. The summed E-state index contributed by atoms with van der Waals surface area (Å²) >= 11 is 0. The molecule has 0 bridgehead atoms. The molecule has 0 amide bonds. The maximum absolute atomic E-state index is 11.6. The molecule has 0 saturated carbocycles. The van der Waals surface area contributed by atoms with Crippen molar-refractivity contribution in [1.82, 2.24) is 0 Å². The molecule has 2 N–H and O–H groups in total. The van der Waals surface area contributed by atoms with Crippen LogP contribution in [0.3, 0.4) is 0 Å². The van der Waals surface area contributed by atoms with Gasteiger partial charge in [-0.1, -0.05) is 42.5 Å². The number of aliphatic carboxylic acids is 2. The Kier molecular flexibility index (Phi) is 4.51. The van der Waals surface area contributed by atoms with E-state index in [1.807, 2.05) is 0 Å². The van der Waals surface area contributed by atoms with Crippen LogP contribution in [-0.4, -0.2) is 22.2 Å². The minimum absolute atomic E-state index is 0. The molecule has 1 unspecified atom stereocenters. The highest BCUT2D eigenvalue weighted by Gasteiger charge is 2.39. The van der Waals surface area contributed by atoms with Crippen LogP contribution in [0.5, 0.6) is 0 Å². The maximum atomic E-state index is 11.6. The predicted octanol–water partition coefficient (Wildman–Crippen LogP) is 2.40. The Bertz CT molecular complexity index is 548. The molecule has 1 aromatic rings. The first kappa shape index (κ1) is 15.0. The van der Waals surface area contributed by atoms with Crippen LogP contribution in [0, 0.1) is 0 Å². The molecule has 0 aliphatic heterocycles. The third kappa shape index (κ3) is 2.69. The molecular weight excluding hydrogens is 268 g/mol. The van der Waals surface area contributed by atoms with Crippen LogP contribution in [0.2, 0.25) is 0 Å². The average molecular weight is 281 g/mol. The summed E-state index contributed by atoms with van der Waals surface area (Å²) in [6.45, 7) is 0. The topological polar surface area (TPSA) is 74.6 Å². The SMILES string of the molecule is Cl.O=C(O)C1=CC(C(=O)O)(c2ccccc2)CC=C1. The van der Waals surface area contributed by atoms with E-state index in [1.165, 1.54) is 12.2 Å². The Hall–Kier alpha value is -2.07. The minimum atomic E-state index is -1.29. The normalized spacial score (nSPS) is 21.2. The summed E-state index contributed by atoms with van der Waals surface area (Å²) in [5.41, 5.74) is -0.697. The minimum Gasteiger partial charge on any atom is -0.480 e. The van der Waals surface area contributed by atoms with E-state index < -0.39 is 17.4 Å². The number of carboxylic acids is 2. The molecule has 1 aliphatic rings. The van der Waals surface area contributed by atoms with E-state index in [2.05, 4.69) is 0 Å². The smallest absolute Gasteiger partial charge is 0.335 e. The molecule has 2 rings (SSSR count). The summed E-state index contributed by atoms with van der Waals surface area (Å²) in [6, 6.07) is 8.67. The predicted molar refractivity (Wildman–Crippen MR) is 72.5 cm³/mol. The van der Waals surface area contributed by atoms with Gasteiger partial charge in [0, 0.05) is 0 Å². The van der Waals surface area contributed by atoms with Crippen molar-refractivity contribution in [3.8, 4) is 0 Å². The van der Waals surface area contributed by atoms with Crippen LogP contribution in [0.25, 0.3) is 0 Å². The largest absolute Gasteiger partial charge is 0.480 e. The van der Waals surface area contributed by atoms with Crippen molar-refractivity contribution in [3.63, 3.8) is 0 Å². The van der Waals surface area contributed by atoms with Crippen molar-refractivity contribution in [1.29, 1.82) is 0 Å². The number of rotatable bonds is 3. The summed E-state index contributed by atoms with van der Waals surface area (Å²) < 4.78 is 0. The molecule has 0 spiro atoms. The zero-order valence-corrected chi connectivity index (χ0v) is 10.8. The second-order valence-electron chi connectivity index (χ2n) is 4.15. The Morgan fingerprint density at radius 3 is 2.26 bits per heavy atom. The van der Waals surface area contributed by atoms with Gasteiger partial charge in [-0.3, -0.25) is 4.79 Å². The molecule has 0 heterocycles. The van der Waals surface area contributed by atoms with Gasteiger partial charge in [0.1, 0.15) is 5.41 Å². The van der Waals surface area contributed by atoms with Gasteiger partial charge in [-0.2, -0.15) is 0 Å². The molecule has 1 aliphatic carbocycles. The lowest BCUT2D eigenvalue weighted by Gasteiger charge is -2.28. The lowest BCUT2D eigenvalue weighted by molar-refractivity contribution is -0.141. The van der Waals surface area contributed by atoms with Crippen molar-refractivity contribution in [2.75, 3.05) is 0 Å². The average Bonchev–Trinajstić information content (AvgIpc) is 2.39. The number of carbonyl (C=O) groups is 2. The fraction of sp³-hybridized carbons (Fsp3) is 0.143. The molecule has 0 saturated heterocycles. The van der Waals surface area contributed by atoms with Gasteiger partial charge in [-0.05, 0) is 18.1 Å². The highest BCUT2D eigenvalue weighted by Crippen LogP contribution is 2.35. The lowest BCUT2D eigenvalue weighted by Crippen LogP contribution is -2.35. The van der Waals surface area contributed by atoms with Gasteiger partial charge in [-0.25, -0.2) is 4.79 Å². The summed E-state index contributed by atoms with van der Waals surface area (Å²) in [5, 5.41) is 18.5. The fourth-order valence-corrected chi connectivity index (χ4v) is 2.09. The zero-order valence-electron chi connectivity index (χ0n) is 9.95. The highest BCUT2D eigenvalue weighted by molar-refractivity contribution is 5.94. The number of benzene rings is 1. The first-order chi connectivity index (χ1) is 8.56. The number of hydrogen-bond acceptors (Lipinski definition) is 2. The molecule has 4 nitrogen and oxygen atoms in total. The molecule has 0 aromatic heterocycles. The van der Waals surface area contributed by atoms with Crippen molar-refractivity contribution in [2.24, 2.45) is 0 Å². The van der Waals surface area contributed by atoms with Crippen LogP contribution in [-0.2, 0) is 15.0 Å². The first-order valence-electron chi connectivity index (χ1n) is 5.48.